The van der Waals surface area contributed by atoms with Crippen molar-refractivity contribution in [1.82, 2.24) is 5.43 Å². The standard InChI is InChI=1S/C5H12N2O3/c1-4(8)10-3-5(9)2-7-6/h5,7,9H,2-3,6H2,1H3. The summed E-state index contributed by atoms with van der Waals surface area (Å²) in [6.45, 7) is 1.48. The highest BCUT2D eigenvalue weighted by Crippen LogP contribution is 1.82. The van der Waals surface area contributed by atoms with Crippen molar-refractivity contribution in [2.75, 3.05) is 13.2 Å². The smallest absolute Gasteiger partial charge is 0.302 e. The molecule has 4 N–H and O–H groups in total. The number of aliphatic hydroxyl groups excluding tert-OH is 1. The Morgan fingerprint density at radius 1 is 1.90 bits per heavy atom. The number of hydrazine groups is 1. The van der Waals surface area contributed by atoms with Crippen LogP contribution >= 0.6 is 0 Å². The quantitative estimate of drug-likeness (QED) is 0.253. The first-order chi connectivity index (χ1) is 4.66. The van der Waals surface area contributed by atoms with Crippen molar-refractivity contribution in [3.63, 3.8) is 0 Å². The van der Waals surface area contributed by atoms with Gasteiger partial charge < -0.3 is 9.84 Å². The van der Waals surface area contributed by atoms with Crippen LogP contribution in [0.4, 0.5) is 0 Å². The Bertz CT molecular complexity index is 107. The minimum atomic E-state index is -0.728. The van der Waals surface area contributed by atoms with E-state index in [2.05, 4.69) is 10.2 Å². The fourth-order valence-electron chi connectivity index (χ4n) is 0.409. The lowest BCUT2D eigenvalue weighted by atomic mass is 10.4. The van der Waals surface area contributed by atoms with Crippen LogP contribution in [0.1, 0.15) is 6.92 Å². The topological polar surface area (TPSA) is 84.6 Å². The minimum absolute atomic E-state index is 0.0144. The van der Waals surface area contributed by atoms with Gasteiger partial charge in [0.05, 0.1) is 0 Å². The summed E-state index contributed by atoms with van der Waals surface area (Å²) in [6, 6.07) is 0. The summed E-state index contributed by atoms with van der Waals surface area (Å²) in [6.07, 6.45) is -0.728. The number of carbonyl (C=O) groups excluding carboxylic acids is 1. The van der Waals surface area contributed by atoms with E-state index in [-0.39, 0.29) is 13.2 Å². The van der Waals surface area contributed by atoms with Crippen molar-refractivity contribution in [3.8, 4) is 0 Å². The van der Waals surface area contributed by atoms with Gasteiger partial charge in [0.15, 0.2) is 0 Å². The molecule has 0 amide bonds. The third kappa shape index (κ3) is 5.49. The maximum atomic E-state index is 10.2. The molecule has 0 saturated heterocycles. The Labute approximate surface area is 59.1 Å². The molecule has 0 spiro atoms. The van der Waals surface area contributed by atoms with E-state index in [0.29, 0.717) is 0 Å². The lowest BCUT2D eigenvalue weighted by molar-refractivity contribution is -0.143. The van der Waals surface area contributed by atoms with E-state index in [4.69, 9.17) is 10.9 Å². The molecule has 60 valence electrons. The van der Waals surface area contributed by atoms with Gasteiger partial charge in [-0.2, -0.15) is 0 Å². The molecule has 5 heteroatoms. The van der Waals surface area contributed by atoms with E-state index in [1.807, 2.05) is 0 Å². The van der Waals surface area contributed by atoms with Gasteiger partial charge in [0.2, 0.25) is 0 Å². The number of hydrogen-bond donors (Lipinski definition) is 3. The Morgan fingerprint density at radius 2 is 2.50 bits per heavy atom. The SMILES string of the molecule is CC(=O)OCC(O)CNN. The lowest BCUT2D eigenvalue weighted by Crippen LogP contribution is -2.34. The summed E-state index contributed by atoms with van der Waals surface area (Å²) in [5.41, 5.74) is 2.25. The first-order valence-corrected chi connectivity index (χ1v) is 2.91. The van der Waals surface area contributed by atoms with E-state index in [1.54, 1.807) is 0 Å². The third-order valence-electron chi connectivity index (χ3n) is 0.832. The van der Waals surface area contributed by atoms with E-state index in [9.17, 15) is 4.79 Å². The van der Waals surface area contributed by atoms with Crippen LogP contribution in [0.2, 0.25) is 0 Å². The van der Waals surface area contributed by atoms with Crippen LogP contribution in [-0.2, 0) is 9.53 Å². The molecule has 0 aromatic heterocycles. The Balaban J connectivity index is 3.21. The van der Waals surface area contributed by atoms with Gasteiger partial charge in [0, 0.05) is 13.5 Å². The van der Waals surface area contributed by atoms with Gasteiger partial charge in [0.1, 0.15) is 12.7 Å². The van der Waals surface area contributed by atoms with Crippen molar-refractivity contribution in [1.29, 1.82) is 0 Å². The number of nitrogens with one attached hydrogen (secondary N) is 1. The lowest BCUT2D eigenvalue weighted by Gasteiger charge is -2.08. The predicted octanol–water partition coefficient (Wildman–Crippen LogP) is -1.63. The summed E-state index contributed by atoms with van der Waals surface area (Å²) < 4.78 is 4.47. The van der Waals surface area contributed by atoms with Gasteiger partial charge in [-0.05, 0) is 0 Å². The van der Waals surface area contributed by atoms with Crippen molar-refractivity contribution >= 4 is 5.97 Å². The van der Waals surface area contributed by atoms with Crippen molar-refractivity contribution in [2.45, 2.75) is 13.0 Å². The van der Waals surface area contributed by atoms with Gasteiger partial charge in [-0.25, -0.2) is 0 Å². The Hall–Kier alpha value is -0.650. The molecule has 0 aromatic carbocycles. The number of ether oxygens (including phenoxy) is 1. The monoisotopic (exact) mass is 148 g/mol. The molecule has 10 heavy (non-hydrogen) atoms. The van der Waals surface area contributed by atoms with Crippen molar-refractivity contribution in [2.24, 2.45) is 5.84 Å². The van der Waals surface area contributed by atoms with E-state index < -0.39 is 12.1 Å². The van der Waals surface area contributed by atoms with Gasteiger partial charge in [-0.3, -0.25) is 16.1 Å². The van der Waals surface area contributed by atoms with Gasteiger partial charge in [0.25, 0.3) is 0 Å². The van der Waals surface area contributed by atoms with Crippen LogP contribution in [0.5, 0.6) is 0 Å². The van der Waals surface area contributed by atoms with Crippen LogP contribution in [0.15, 0.2) is 0 Å². The van der Waals surface area contributed by atoms with E-state index in [0.717, 1.165) is 0 Å². The Morgan fingerprint density at radius 3 is 2.90 bits per heavy atom. The zero-order valence-electron chi connectivity index (χ0n) is 5.83. The number of hydrogen-bond acceptors (Lipinski definition) is 5. The summed E-state index contributed by atoms with van der Waals surface area (Å²) in [7, 11) is 0. The van der Waals surface area contributed by atoms with E-state index >= 15 is 0 Å². The molecule has 0 aliphatic heterocycles. The second kappa shape index (κ2) is 5.16. The number of rotatable bonds is 4. The normalized spacial score (nSPS) is 12.7. The molecule has 0 aliphatic rings. The van der Waals surface area contributed by atoms with E-state index in [1.165, 1.54) is 6.92 Å². The molecule has 0 bridgehead atoms. The maximum Gasteiger partial charge on any atom is 0.302 e. The van der Waals surface area contributed by atoms with Crippen LogP contribution in [-0.4, -0.2) is 30.3 Å². The van der Waals surface area contributed by atoms with Crippen LogP contribution in [0.25, 0.3) is 0 Å². The first kappa shape index (κ1) is 9.35. The fourth-order valence-corrected chi connectivity index (χ4v) is 0.409. The molecule has 0 fully saturated rings. The maximum absolute atomic E-state index is 10.2. The van der Waals surface area contributed by atoms with Crippen molar-refractivity contribution in [3.05, 3.63) is 0 Å². The summed E-state index contributed by atoms with van der Waals surface area (Å²) in [4.78, 5) is 10.2. The molecular weight excluding hydrogens is 136 g/mol. The molecule has 0 heterocycles. The predicted molar refractivity (Wildman–Crippen MR) is 34.8 cm³/mol. The first-order valence-electron chi connectivity index (χ1n) is 2.91. The van der Waals surface area contributed by atoms with Gasteiger partial charge >= 0.3 is 5.97 Å². The molecular formula is C5H12N2O3. The Kier molecular flexibility index (Phi) is 4.82. The highest BCUT2D eigenvalue weighted by atomic mass is 16.5. The van der Waals surface area contributed by atoms with Crippen LogP contribution < -0.4 is 11.3 Å². The fraction of sp³-hybridized carbons (Fsp3) is 0.800. The molecule has 5 nitrogen and oxygen atoms in total. The number of aliphatic hydroxyl groups is 1. The average molecular weight is 148 g/mol. The molecule has 0 aliphatic carbocycles. The molecule has 0 aromatic rings. The average Bonchev–Trinajstić information content (AvgIpc) is 1.85. The summed E-state index contributed by atoms with van der Waals surface area (Å²) in [5.74, 6) is 4.48. The number of esters is 1. The largest absolute Gasteiger partial charge is 0.463 e. The zero-order valence-corrected chi connectivity index (χ0v) is 5.83. The second-order valence-electron chi connectivity index (χ2n) is 1.86. The number of carbonyl (C=O) groups is 1. The van der Waals surface area contributed by atoms with Gasteiger partial charge in [-0.1, -0.05) is 0 Å². The van der Waals surface area contributed by atoms with Crippen molar-refractivity contribution < 1.29 is 14.6 Å². The van der Waals surface area contributed by atoms with Crippen LogP contribution in [0, 0.1) is 0 Å². The highest BCUT2D eigenvalue weighted by Gasteiger charge is 2.03. The highest BCUT2D eigenvalue weighted by molar-refractivity contribution is 5.65. The molecule has 1 atom stereocenters. The van der Waals surface area contributed by atoms with Crippen LogP contribution in [0.3, 0.4) is 0 Å². The molecule has 1 unspecified atom stereocenters. The molecule has 0 rings (SSSR count). The molecule has 0 radical (unpaired) electrons. The molecule has 0 saturated carbocycles. The number of nitrogens with two attached hydrogens (primary N) is 1. The third-order valence-corrected chi connectivity index (χ3v) is 0.832. The minimum Gasteiger partial charge on any atom is -0.463 e. The van der Waals surface area contributed by atoms with Gasteiger partial charge in [-0.15, -0.1) is 0 Å². The zero-order chi connectivity index (χ0) is 7.98. The summed E-state index contributed by atoms with van der Waals surface area (Å²) >= 11 is 0. The second-order valence-corrected chi connectivity index (χ2v) is 1.86. The summed E-state index contributed by atoms with van der Waals surface area (Å²) in [5, 5.41) is 8.88.